The van der Waals surface area contributed by atoms with Crippen LogP contribution < -0.4 is 10.1 Å². The fourth-order valence-electron chi connectivity index (χ4n) is 2.13. The van der Waals surface area contributed by atoms with E-state index in [1.165, 1.54) is 6.07 Å². The van der Waals surface area contributed by atoms with Gasteiger partial charge in [-0.2, -0.15) is 0 Å². The van der Waals surface area contributed by atoms with Crippen molar-refractivity contribution in [2.24, 2.45) is 5.92 Å². The maximum Gasteiger partial charge on any atom is 0.312 e. The van der Waals surface area contributed by atoms with Crippen molar-refractivity contribution < 1.29 is 19.4 Å². The minimum atomic E-state index is -1.01. The summed E-state index contributed by atoms with van der Waals surface area (Å²) in [6, 6.07) is 11.6. The predicted molar refractivity (Wildman–Crippen MR) is 103 cm³/mol. The molecule has 0 fully saturated rings. The average molecular weight is 396 g/mol. The molecule has 2 N–H and O–H groups in total. The second-order valence-electron chi connectivity index (χ2n) is 6.01. The number of benzene rings is 2. The Morgan fingerprint density at radius 3 is 2.31 bits per heavy atom. The molecule has 2 aromatic rings. The minimum Gasteiger partial charge on any atom is -0.481 e. The number of anilines is 1. The first-order valence-electron chi connectivity index (χ1n) is 7.98. The highest BCUT2D eigenvalue weighted by atomic mass is 35.5. The van der Waals surface area contributed by atoms with Crippen LogP contribution in [0.4, 0.5) is 5.69 Å². The van der Waals surface area contributed by atoms with Crippen LogP contribution >= 0.6 is 23.2 Å². The lowest BCUT2D eigenvalue weighted by Crippen LogP contribution is -2.17. The molecule has 0 aliphatic rings. The molecular formula is C19H19Cl2NO4. The van der Waals surface area contributed by atoms with Crippen LogP contribution in [-0.2, 0) is 9.59 Å². The van der Waals surface area contributed by atoms with E-state index in [9.17, 15) is 9.59 Å². The molecule has 0 spiro atoms. The molecule has 1 amide bonds. The van der Waals surface area contributed by atoms with E-state index in [4.69, 9.17) is 33.0 Å². The molecule has 0 aliphatic heterocycles. The largest absolute Gasteiger partial charge is 0.481 e. The van der Waals surface area contributed by atoms with Crippen LogP contribution in [0.5, 0.6) is 11.5 Å². The zero-order chi connectivity index (χ0) is 19.3. The highest BCUT2D eigenvalue weighted by Gasteiger charge is 2.20. The number of carbonyl (C=O) groups is 2. The zero-order valence-electron chi connectivity index (χ0n) is 14.3. The number of halogens is 2. The number of amides is 1. The molecule has 0 aromatic heterocycles. The zero-order valence-corrected chi connectivity index (χ0v) is 15.8. The van der Waals surface area contributed by atoms with Crippen molar-refractivity contribution in [1.29, 1.82) is 0 Å². The number of alkyl halides is 1. The van der Waals surface area contributed by atoms with Gasteiger partial charge >= 0.3 is 5.97 Å². The third-order valence-electron chi connectivity index (χ3n) is 3.68. The molecule has 0 bridgehead atoms. The number of hydrogen-bond donors (Lipinski definition) is 2. The Morgan fingerprint density at radius 1 is 1.15 bits per heavy atom. The second kappa shape index (κ2) is 8.92. The van der Waals surface area contributed by atoms with Gasteiger partial charge in [-0.25, -0.2) is 0 Å². The Hall–Kier alpha value is -2.24. The van der Waals surface area contributed by atoms with Gasteiger partial charge in [-0.3, -0.25) is 9.59 Å². The number of carboxylic acids is 1. The predicted octanol–water partition coefficient (Wildman–Crippen LogP) is 5.13. The molecule has 0 heterocycles. The van der Waals surface area contributed by atoms with Gasteiger partial charge in [0.15, 0.2) is 0 Å². The molecule has 5 nitrogen and oxygen atoms in total. The highest BCUT2D eigenvalue weighted by molar-refractivity contribution is 6.32. The Bertz CT molecular complexity index is 791. The maximum atomic E-state index is 11.7. The third-order valence-corrected chi connectivity index (χ3v) is 4.29. The highest BCUT2D eigenvalue weighted by Crippen LogP contribution is 2.33. The summed E-state index contributed by atoms with van der Waals surface area (Å²) in [5.74, 6) is -1.12. The van der Waals surface area contributed by atoms with Gasteiger partial charge in [0.2, 0.25) is 5.91 Å². The van der Waals surface area contributed by atoms with E-state index in [0.717, 1.165) is 0 Å². The molecule has 7 heteroatoms. The van der Waals surface area contributed by atoms with Crippen LogP contribution in [0.25, 0.3) is 0 Å². The molecule has 0 saturated carbocycles. The molecule has 1 unspecified atom stereocenters. The standard InChI is InChI=1S/C19H19Cl2NO4/c1-11(2)18(23)22-13-4-6-14(7-5-13)26-17-8-3-12(9-16(17)21)15(10-20)19(24)25/h3-9,11,15H,10H2,1-2H3,(H,22,23)(H,24,25). The summed E-state index contributed by atoms with van der Waals surface area (Å²) in [6.07, 6.45) is 0. The van der Waals surface area contributed by atoms with E-state index >= 15 is 0 Å². The van der Waals surface area contributed by atoms with Crippen molar-refractivity contribution in [3.05, 3.63) is 53.1 Å². The number of hydrogen-bond acceptors (Lipinski definition) is 3. The summed E-state index contributed by atoms with van der Waals surface area (Å²) < 4.78 is 5.72. The number of rotatable bonds is 7. The van der Waals surface area contributed by atoms with Gasteiger partial charge < -0.3 is 15.2 Å². The Balaban J connectivity index is 2.11. The number of aliphatic carboxylic acids is 1. The first-order chi connectivity index (χ1) is 12.3. The minimum absolute atomic E-state index is 0.0462. The van der Waals surface area contributed by atoms with Crippen molar-refractivity contribution in [2.45, 2.75) is 19.8 Å². The SMILES string of the molecule is CC(C)C(=O)Nc1ccc(Oc2ccc(C(CCl)C(=O)O)cc2Cl)cc1. The second-order valence-corrected chi connectivity index (χ2v) is 6.72. The molecule has 2 rings (SSSR count). The first-order valence-corrected chi connectivity index (χ1v) is 8.90. The first kappa shape index (κ1) is 20.1. The number of carbonyl (C=O) groups excluding carboxylic acids is 1. The lowest BCUT2D eigenvalue weighted by molar-refractivity contribution is -0.138. The van der Waals surface area contributed by atoms with Gasteiger partial charge in [-0.05, 0) is 42.0 Å². The number of carboxylic acid groups (broad SMARTS) is 1. The van der Waals surface area contributed by atoms with Gasteiger partial charge in [0.25, 0.3) is 0 Å². The Morgan fingerprint density at radius 2 is 1.81 bits per heavy atom. The van der Waals surface area contributed by atoms with Crippen LogP contribution in [0.1, 0.15) is 25.3 Å². The van der Waals surface area contributed by atoms with E-state index in [0.29, 0.717) is 22.7 Å². The van der Waals surface area contributed by atoms with Crippen molar-refractivity contribution >= 4 is 40.8 Å². The molecule has 0 radical (unpaired) electrons. The fraction of sp³-hybridized carbons (Fsp3) is 0.263. The monoisotopic (exact) mass is 395 g/mol. The summed E-state index contributed by atoms with van der Waals surface area (Å²) in [6.45, 7) is 3.63. The molecule has 1 atom stereocenters. The van der Waals surface area contributed by atoms with Crippen molar-refractivity contribution in [1.82, 2.24) is 0 Å². The van der Waals surface area contributed by atoms with Crippen molar-refractivity contribution in [3.63, 3.8) is 0 Å². The van der Waals surface area contributed by atoms with E-state index in [1.54, 1.807) is 36.4 Å². The van der Waals surface area contributed by atoms with Crippen molar-refractivity contribution in [2.75, 3.05) is 11.2 Å². The Kier molecular flexibility index (Phi) is 6.89. The van der Waals surface area contributed by atoms with Crippen LogP contribution in [-0.4, -0.2) is 22.9 Å². The third kappa shape index (κ3) is 5.13. The summed E-state index contributed by atoms with van der Waals surface area (Å²) in [5.41, 5.74) is 1.18. The summed E-state index contributed by atoms with van der Waals surface area (Å²) in [4.78, 5) is 22.9. The van der Waals surface area contributed by atoms with E-state index < -0.39 is 11.9 Å². The molecule has 26 heavy (non-hydrogen) atoms. The number of nitrogens with one attached hydrogen (secondary N) is 1. The smallest absolute Gasteiger partial charge is 0.312 e. The topological polar surface area (TPSA) is 75.6 Å². The van der Waals surface area contributed by atoms with Crippen molar-refractivity contribution in [3.8, 4) is 11.5 Å². The van der Waals surface area contributed by atoms with E-state index in [1.807, 2.05) is 13.8 Å². The molecule has 0 saturated heterocycles. The average Bonchev–Trinajstić information content (AvgIpc) is 2.59. The molecular weight excluding hydrogens is 377 g/mol. The van der Waals surface area contributed by atoms with Gasteiger partial charge in [-0.15, -0.1) is 11.6 Å². The van der Waals surface area contributed by atoms with E-state index in [2.05, 4.69) is 5.32 Å². The lowest BCUT2D eigenvalue weighted by Gasteiger charge is -2.13. The summed E-state index contributed by atoms with van der Waals surface area (Å²) >= 11 is 11.9. The van der Waals surface area contributed by atoms with Gasteiger partial charge in [0, 0.05) is 17.5 Å². The van der Waals surface area contributed by atoms with Crippen LogP contribution in [0, 0.1) is 5.92 Å². The molecule has 0 aliphatic carbocycles. The normalized spacial score (nSPS) is 11.9. The van der Waals surface area contributed by atoms with Gasteiger partial charge in [0.1, 0.15) is 11.5 Å². The van der Waals surface area contributed by atoms with E-state index in [-0.39, 0.29) is 22.7 Å². The molecule has 2 aromatic carbocycles. The lowest BCUT2D eigenvalue weighted by atomic mass is 10.0. The van der Waals surface area contributed by atoms with Gasteiger partial charge in [-0.1, -0.05) is 31.5 Å². The van der Waals surface area contributed by atoms with Crippen LogP contribution in [0.15, 0.2) is 42.5 Å². The molecule has 138 valence electrons. The summed E-state index contributed by atoms with van der Waals surface area (Å²) in [5, 5.41) is 12.2. The fourth-order valence-corrected chi connectivity index (χ4v) is 2.67. The maximum absolute atomic E-state index is 11.7. The number of ether oxygens (including phenoxy) is 1. The summed E-state index contributed by atoms with van der Waals surface area (Å²) in [7, 11) is 0. The van der Waals surface area contributed by atoms with Crippen LogP contribution in [0.2, 0.25) is 5.02 Å². The van der Waals surface area contributed by atoms with Crippen LogP contribution in [0.3, 0.4) is 0 Å². The Labute approximate surface area is 161 Å². The quantitative estimate of drug-likeness (QED) is 0.636. The van der Waals surface area contributed by atoms with Gasteiger partial charge in [0.05, 0.1) is 10.9 Å².